The number of fused-ring (bicyclic) bond motifs is 2. The number of aliphatic hydroxyl groups is 2. The lowest BCUT2D eigenvalue weighted by molar-refractivity contribution is -0.127. The monoisotopic (exact) mass is 482 g/mol. The molecule has 0 saturated heterocycles. The second kappa shape index (κ2) is 11.0. The minimum absolute atomic E-state index is 0.234. The average Bonchev–Trinajstić information content (AvgIpc) is 3.19. The van der Waals surface area contributed by atoms with Crippen molar-refractivity contribution < 1.29 is 14.6 Å². The fourth-order valence-corrected chi connectivity index (χ4v) is 3.99. The molecule has 1 aromatic carbocycles. The molecule has 0 aliphatic heterocycles. The van der Waals surface area contributed by atoms with Crippen LogP contribution in [-0.4, -0.2) is 35.5 Å². The number of halogens is 1. The van der Waals surface area contributed by atoms with Crippen molar-refractivity contribution in [2.45, 2.75) is 65.7 Å². The van der Waals surface area contributed by atoms with E-state index in [1.165, 1.54) is 20.2 Å². The van der Waals surface area contributed by atoms with E-state index in [1.807, 2.05) is 25.3 Å². The number of aryl methyl sites for hydroxylation is 3. The highest BCUT2D eigenvalue weighted by molar-refractivity contribution is 5.86. The lowest BCUT2D eigenvalue weighted by Crippen LogP contribution is -2.15. The van der Waals surface area contributed by atoms with Crippen molar-refractivity contribution in [1.82, 2.24) is 19.5 Å². The van der Waals surface area contributed by atoms with Crippen molar-refractivity contribution in [3.8, 4) is 0 Å². The first-order valence-electron chi connectivity index (χ1n) is 11.8. The van der Waals surface area contributed by atoms with Gasteiger partial charge in [0.15, 0.2) is 5.79 Å². The van der Waals surface area contributed by atoms with E-state index >= 15 is 0 Å². The van der Waals surface area contributed by atoms with Crippen LogP contribution in [0.15, 0.2) is 36.8 Å². The van der Waals surface area contributed by atoms with Gasteiger partial charge in [0.05, 0.1) is 10.9 Å². The van der Waals surface area contributed by atoms with Gasteiger partial charge >= 0.3 is 0 Å². The first-order valence-corrected chi connectivity index (χ1v) is 11.8. The third kappa shape index (κ3) is 7.10. The Morgan fingerprint density at radius 2 is 1.77 bits per heavy atom. The normalized spacial score (nSPS) is 12.5. The first kappa shape index (κ1) is 26.3. The van der Waals surface area contributed by atoms with Crippen LogP contribution in [0.4, 0.5) is 16.0 Å². The van der Waals surface area contributed by atoms with E-state index in [4.69, 9.17) is 21.7 Å². The quantitative estimate of drug-likeness (QED) is 0.288. The zero-order valence-electron chi connectivity index (χ0n) is 20.8. The van der Waals surface area contributed by atoms with Crippen LogP contribution in [0.25, 0.3) is 21.9 Å². The second-order valence-electron chi connectivity index (χ2n) is 9.44. The molecule has 0 radical (unpaired) electrons. The Hall–Kier alpha value is -3.30. The molecule has 0 fully saturated rings. The summed E-state index contributed by atoms with van der Waals surface area (Å²) in [6.07, 6.45) is 7.39. The van der Waals surface area contributed by atoms with E-state index in [-0.39, 0.29) is 5.82 Å². The van der Waals surface area contributed by atoms with Crippen LogP contribution in [0.1, 0.15) is 51.2 Å². The molecule has 0 spiro atoms. The predicted molar refractivity (Wildman–Crippen MR) is 138 cm³/mol. The minimum atomic E-state index is -1.50. The van der Waals surface area contributed by atoms with Crippen LogP contribution in [0.2, 0.25) is 0 Å². The van der Waals surface area contributed by atoms with Crippen LogP contribution in [0, 0.1) is 18.7 Å². The molecule has 0 aliphatic carbocycles. The van der Waals surface area contributed by atoms with Gasteiger partial charge in [-0.3, -0.25) is 0 Å². The highest BCUT2D eigenvalue weighted by Gasteiger charge is 2.12. The molecule has 1 atom stereocenters. The third-order valence-corrected chi connectivity index (χ3v) is 5.96. The molecule has 3 heterocycles. The lowest BCUT2D eigenvalue weighted by atomic mass is 9.93. The van der Waals surface area contributed by atoms with Gasteiger partial charge in [0.25, 0.3) is 0 Å². The van der Waals surface area contributed by atoms with Gasteiger partial charge in [-0.2, -0.15) is 0 Å². The lowest BCUT2D eigenvalue weighted by Gasteiger charge is -2.16. The number of hydrogen-bond donors (Lipinski definition) is 4. The fraction of sp³-hybridized carbons (Fsp3) is 0.423. The van der Waals surface area contributed by atoms with Gasteiger partial charge in [0.1, 0.15) is 29.4 Å². The van der Waals surface area contributed by atoms with Gasteiger partial charge in [0, 0.05) is 18.1 Å². The van der Waals surface area contributed by atoms with E-state index in [0.717, 1.165) is 54.4 Å². The summed E-state index contributed by atoms with van der Waals surface area (Å²) in [5.74, 6) is -0.249. The Morgan fingerprint density at radius 1 is 1.06 bits per heavy atom. The molecule has 8 nitrogen and oxygen atoms in total. The summed E-state index contributed by atoms with van der Waals surface area (Å²) < 4.78 is 16.7. The highest BCUT2D eigenvalue weighted by atomic mass is 19.1. The molecule has 3 aromatic heterocycles. The summed E-state index contributed by atoms with van der Waals surface area (Å²) in [6, 6.07) is 7.32. The van der Waals surface area contributed by atoms with E-state index in [9.17, 15) is 4.39 Å². The number of hydrogen-bond acceptors (Lipinski definition) is 7. The van der Waals surface area contributed by atoms with Gasteiger partial charge in [-0.25, -0.2) is 19.3 Å². The Labute approximate surface area is 204 Å². The maximum atomic E-state index is 14.6. The number of aromatic nitrogens is 4. The van der Waals surface area contributed by atoms with Crippen LogP contribution in [-0.2, 0) is 13.0 Å². The maximum Gasteiger partial charge on any atom is 0.156 e. The summed E-state index contributed by atoms with van der Waals surface area (Å²) in [6.45, 7) is 7.50. The van der Waals surface area contributed by atoms with Gasteiger partial charge < -0.3 is 26.2 Å². The summed E-state index contributed by atoms with van der Waals surface area (Å²) in [7, 11) is 0. The molecule has 1 unspecified atom stereocenters. The molecule has 4 aromatic rings. The molecule has 0 bridgehead atoms. The summed E-state index contributed by atoms with van der Waals surface area (Å²) in [5.41, 5.74) is 15.1. The highest BCUT2D eigenvalue weighted by Crippen LogP contribution is 2.25. The van der Waals surface area contributed by atoms with Gasteiger partial charge in [-0.1, -0.05) is 13.3 Å². The largest absolute Gasteiger partial charge is 0.383 e. The van der Waals surface area contributed by atoms with E-state index in [1.54, 1.807) is 12.1 Å². The number of anilines is 2. The number of pyridine rings is 1. The van der Waals surface area contributed by atoms with Crippen molar-refractivity contribution in [3.63, 3.8) is 0 Å². The van der Waals surface area contributed by atoms with Crippen molar-refractivity contribution in [3.05, 3.63) is 53.7 Å². The number of nitrogens with two attached hydrogens (primary N) is 2. The van der Waals surface area contributed by atoms with Crippen LogP contribution in [0.3, 0.4) is 0 Å². The Kier molecular flexibility index (Phi) is 8.24. The summed E-state index contributed by atoms with van der Waals surface area (Å²) in [4.78, 5) is 12.8. The fourth-order valence-electron chi connectivity index (χ4n) is 3.99. The number of rotatable bonds is 7. The summed E-state index contributed by atoms with van der Waals surface area (Å²) >= 11 is 0. The molecule has 35 heavy (non-hydrogen) atoms. The maximum absolute atomic E-state index is 14.6. The van der Waals surface area contributed by atoms with E-state index in [0.29, 0.717) is 28.5 Å². The Morgan fingerprint density at radius 3 is 2.46 bits per heavy atom. The van der Waals surface area contributed by atoms with Crippen LogP contribution in [0.5, 0.6) is 0 Å². The molecule has 9 heteroatoms. The minimum Gasteiger partial charge on any atom is -0.383 e. The predicted octanol–water partition coefficient (Wildman–Crippen LogP) is 4.35. The molecule has 4 rings (SSSR count). The van der Waals surface area contributed by atoms with Crippen molar-refractivity contribution in [1.29, 1.82) is 0 Å². The molecule has 6 N–H and O–H groups in total. The molecular weight excluding hydrogens is 447 g/mol. The van der Waals surface area contributed by atoms with Crippen LogP contribution < -0.4 is 11.5 Å². The zero-order valence-corrected chi connectivity index (χ0v) is 20.8. The number of benzene rings is 1. The van der Waals surface area contributed by atoms with E-state index in [2.05, 4.69) is 26.4 Å². The molecule has 0 aliphatic rings. The summed E-state index contributed by atoms with van der Waals surface area (Å²) in [5, 5.41) is 17.6. The molecular formula is C26H35FN6O2. The van der Waals surface area contributed by atoms with Gasteiger partial charge in [-0.05, 0) is 81.3 Å². The van der Waals surface area contributed by atoms with Crippen molar-refractivity contribution in [2.24, 2.45) is 5.92 Å². The van der Waals surface area contributed by atoms with Crippen molar-refractivity contribution >= 4 is 33.6 Å². The molecule has 0 amide bonds. The van der Waals surface area contributed by atoms with Gasteiger partial charge in [0.2, 0.25) is 0 Å². The third-order valence-electron chi connectivity index (χ3n) is 5.96. The molecule has 0 saturated carbocycles. The topological polar surface area (TPSA) is 136 Å². The smallest absolute Gasteiger partial charge is 0.156 e. The standard InChI is InChI=1S/C23H27FN6.C3H8O2/c1-3-15(6-8-30-9-7-17-22(26)27-13-28-23(17)30)4-5-16-11-19(24)18-10-14(2)21(25)29-20(18)12-16;1-3(2,4)5/h7,9-13,15H,3-6,8H2,1-2H3,(H2,25,29)(H2,26,27,28);4-5H,1-2H3. The average molecular weight is 483 g/mol. The van der Waals surface area contributed by atoms with Gasteiger partial charge in [-0.15, -0.1) is 0 Å². The van der Waals surface area contributed by atoms with Crippen molar-refractivity contribution in [2.75, 3.05) is 11.5 Å². The Balaban J connectivity index is 0.000000623. The zero-order chi connectivity index (χ0) is 25.8. The Bertz CT molecular complexity index is 1290. The molecule has 188 valence electrons. The van der Waals surface area contributed by atoms with Crippen LogP contribution >= 0.6 is 0 Å². The number of nitrogen functional groups attached to an aromatic ring is 2. The first-order chi connectivity index (χ1) is 16.5. The SMILES string of the molecule is CC(C)(O)O.CCC(CCc1cc(F)c2cc(C)c(N)nc2c1)CCn1ccc2c(N)ncnc21. The number of nitrogens with zero attached hydrogens (tertiary/aromatic N) is 4. The second-order valence-corrected chi connectivity index (χ2v) is 9.44. The van der Waals surface area contributed by atoms with E-state index < -0.39 is 5.79 Å².